The summed E-state index contributed by atoms with van der Waals surface area (Å²) in [5.74, 6) is -0.0786. The molecule has 1 aromatic rings. The molecule has 0 unspecified atom stereocenters. The van der Waals surface area contributed by atoms with Gasteiger partial charge in [-0.3, -0.25) is 9.79 Å². The summed E-state index contributed by atoms with van der Waals surface area (Å²) in [4.78, 5) is 16.5. The first-order chi connectivity index (χ1) is 8.79. The lowest BCUT2D eigenvalue weighted by Crippen LogP contribution is -2.36. The first kappa shape index (κ1) is 15.6. The number of aliphatic imine (C=N–C) groups is 1. The third kappa shape index (κ3) is 5.83. The van der Waals surface area contributed by atoms with Crippen LogP contribution in [0.1, 0.15) is 19.4 Å². The van der Waals surface area contributed by atoms with Crippen LogP contribution in [0.25, 0.3) is 0 Å². The maximum atomic E-state index is 12.1. The Labute approximate surface area is 116 Å². The molecule has 19 heavy (non-hydrogen) atoms. The monoisotopic (exact) mass is 277 g/mol. The van der Waals surface area contributed by atoms with Crippen molar-refractivity contribution in [2.24, 2.45) is 10.9 Å². The van der Waals surface area contributed by atoms with Gasteiger partial charge >= 0.3 is 5.97 Å². The molecule has 1 aromatic carbocycles. The van der Waals surface area contributed by atoms with E-state index in [1.165, 1.54) is 0 Å². The zero-order valence-corrected chi connectivity index (χ0v) is 13.4. The molecule has 1 atom stereocenters. The molecule has 0 saturated heterocycles. The minimum absolute atomic E-state index is 0.129. The van der Waals surface area contributed by atoms with Gasteiger partial charge in [0.1, 0.15) is 6.04 Å². The van der Waals surface area contributed by atoms with E-state index in [1.807, 2.05) is 63.8 Å². The van der Waals surface area contributed by atoms with E-state index in [2.05, 4.69) is 4.99 Å². The Morgan fingerprint density at radius 2 is 1.79 bits per heavy atom. The fourth-order valence-corrected chi connectivity index (χ4v) is 2.30. The van der Waals surface area contributed by atoms with E-state index in [0.717, 1.165) is 5.56 Å². The number of benzene rings is 1. The maximum Gasteiger partial charge on any atom is 0.317 e. The second-order valence-electron chi connectivity index (χ2n) is 5.91. The van der Waals surface area contributed by atoms with Crippen LogP contribution < -0.4 is 0 Å². The van der Waals surface area contributed by atoms with Crippen molar-refractivity contribution < 1.29 is 9.22 Å². The zero-order valence-electron chi connectivity index (χ0n) is 12.4. The Morgan fingerprint density at radius 1 is 1.21 bits per heavy atom. The van der Waals surface area contributed by atoms with Gasteiger partial charge in [0, 0.05) is 6.21 Å². The molecule has 0 radical (unpaired) electrons. The van der Waals surface area contributed by atoms with Crippen molar-refractivity contribution in [3.8, 4) is 0 Å². The lowest BCUT2D eigenvalue weighted by atomic mass is 10.1. The summed E-state index contributed by atoms with van der Waals surface area (Å²) in [7, 11) is -1.86. The number of carbonyl (C=O) groups excluding carboxylic acids is 1. The Bertz CT molecular complexity index is 435. The highest BCUT2D eigenvalue weighted by Crippen LogP contribution is 2.13. The first-order valence-electron chi connectivity index (χ1n) is 6.60. The molecule has 3 nitrogen and oxygen atoms in total. The Balaban J connectivity index is 2.79. The lowest BCUT2D eigenvalue weighted by Gasteiger charge is -2.22. The first-order valence-corrected chi connectivity index (χ1v) is 10.0. The highest BCUT2D eigenvalue weighted by molar-refractivity contribution is 6.71. The van der Waals surface area contributed by atoms with Crippen LogP contribution in [-0.4, -0.2) is 26.5 Å². The molecule has 0 N–H and O–H groups in total. The lowest BCUT2D eigenvalue weighted by molar-refractivity contribution is -0.137. The van der Waals surface area contributed by atoms with Crippen molar-refractivity contribution in [1.29, 1.82) is 0 Å². The van der Waals surface area contributed by atoms with Crippen LogP contribution in [-0.2, 0) is 9.22 Å². The molecular formula is C15H23NO2Si. The number of nitrogens with zero attached hydrogens (tertiary/aromatic N) is 1. The summed E-state index contributed by atoms with van der Waals surface area (Å²) in [6, 6.07) is 9.36. The van der Waals surface area contributed by atoms with Crippen molar-refractivity contribution in [3.63, 3.8) is 0 Å². The molecular weight excluding hydrogens is 254 g/mol. The highest BCUT2D eigenvalue weighted by Gasteiger charge is 2.28. The van der Waals surface area contributed by atoms with E-state index in [0.29, 0.717) is 0 Å². The van der Waals surface area contributed by atoms with Crippen LogP contribution in [0, 0.1) is 5.92 Å². The van der Waals surface area contributed by atoms with Gasteiger partial charge in [0.25, 0.3) is 0 Å². The van der Waals surface area contributed by atoms with Crippen LogP contribution >= 0.6 is 0 Å². The highest BCUT2D eigenvalue weighted by atomic mass is 28.4. The van der Waals surface area contributed by atoms with Crippen molar-refractivity contribution >= 4 is 20.5 Å². The predicted molar refractivity (Wildman–Crippen MR) is 82.1 cm³/mol. The van der Waals surface area contributed by atoms with Crippen LogP contribution in [0.5, 0.6) is 0 Å². The van der Waals surface area contributed by atoms with Gasteiger partial charge in [0.2, 0.25) is 8.32 Å². The minimum Gasteiger partial charge on any atom is -0.518 e. The summed E-state index contributed by atoms with van der Waals surface area (Å²) in [6.45, 7) is 9.98. The number of carbonyl (C=O) groups is 1. The Kier molecular flexibility index (Phi) is 5.48. The van der Waals surface area contributed by atoms with E-state index >= 15 is 0 Å². The van der Waals surface area contributed by atoms with Crippen molar-refractivity contribution in [1.82, 2.24) is 0 Å². The van der Waals surface area contributed by atoms with E-state index in [1.54, 1.807) is 6.21 Å². The fourth-order valence-electron chi connectivity index (χ4n) is 1.57. The maximum absolute atomic E-state index is 12.1. The summed E-state index contributed by atoms with van der Waals surface area (Å²) < 4.78 is 5.54. The molecule has 4 heteroatoms. The van der Waals surface area contributed by atoms with Gasteiger partial charge in [0.15, 0.2) is 0 Å². The Hall–Kier alpha value is -1.42. The molecule has 0 heterocycles. The van der Waals surface area contributed by atoms with E-state index < -0.39 is 14.4 Å². The van der Waals surface area contributed by atoms with Gasteiger partial charge in [-0.05, 0) is 31.1 Å². The van der Waals surface area contributed by atoms with Gasteiger partial charge in [-0.15, -0.1) is 0 Å². The van der Waals surface area contributed by atoms with Crippen molar-refractivity contribution in [2.45, 2.75) is 39.5 Å². The average molecular weight is 277 g/mol. The number of hydrogen-bond donors (Lipinski definition) is 0. The summed E-state index contributed by atoms with van der Waals surface area (Å²) in [6.07, 6.45) is 1.75. The van der Waals surface area contributed by atoms with Gasteiger partial charge in [-0.25, -0.2) is 0 Å². The second-order valence-corrected chi connectivity index (χ2v) is 10.3. The fraction of sp³-hybridized carbons (Fsp3) is 0.467. The topological polar surface area (TPSA) is 38.7 Å². The summed E-state index contributed by atoms with van der Waals surface area (Å²) >= 11 is 0. The number of rotatable bonds is 5. The molecule has 0 spiro atoms. The van der Waals surface area contributed by atoms with E-state index in [-0.39, 0.29) is 11.9 Å². The van der Waals surface area contributed by atoms with Crippen LogP contribution in [0.15, 0.2) is 35.3 Å². The third-order valence-corrected chi connectivity index (χ3v) is 3.28. The van der Waals surface area contributed by atoms with Gasteiger partial charge in [-0.1, -0.05) is 44.2 Å². The third-order valence-electron chi connectivity index (χ3n) is 2.46. The molecule has 0 aliphatic heterocycles. The molecule has 0 saturated carbocycles. The smallest absolute Gasteiger partial charge is 0.317 e. The molecule has 0 aliphatic carbocycles. The van der Waals surface area contributed by atoms with Crippen LogP contribution in [0.3, 0.4) is 0 Å². The molecule has 0 bridgehead atoms. The summed E-state index contributed by atoms with van der Waals surface area (Å²) in [5.41, 5.74) is 0.994. The van der Waals surface area contributed by atoms with Crippen molar-refractivity contribution in [2.75, 3.05) is 0 Å². The van der Waals surface area contributed by atoms with E-state index in [9.17, 15) is 4.79 Å². The molecule has 1 rings (SSSR count). The normalized spacial score (nSPS) is 13.8. The zero-order chi connectivity index (χ0) is 14.5. The molecule has 0 aromatic heterocycles. The molecule has 0 fully saturated rings. The van der Waals surface area contributed by atoms with Crippen LogP contribution in [0.2, 0.25) is 19.6 Å². The SMILES string of the molecule is CC(C)[C@H](N=Cc1ccccc1)C(=O)O[Si](C)(C)C. The second kappa shape index (κ2) is 6.66. The number of hydrogen-bond acceptors (Lipinski definition) is 3. The quantitative estimate of drug-likeness (QED) is 0.610. The van der Waals surface area contributed by atoms with Gasteiger partial charge in [0.05, 0.1) is 0 Å². The summed E-state index contributed by atoms with van der Waals surface area (Å²) in [5, 5.41) is 0. The van der Waals surface area contributed by atoms with Gasteiger partial charge in [-0.2, -0.15) is 0 Å². The standard InChI is InChI=1S/C15H23NO2Si/c1-12(2)14(15(17)18-19(3,4)5)16-11-13-9-7-6-8-10-13/h6-12,14H,1-5H3/t14-/m0/s1. The minimum atomic E-state index is -1.86. The van der Waals surface area contributed by atoms with E-state index in [4.69, 9.17) is 4.43 Å². The Morgan fingerprint density at radius 3 is 2.26 bits per heavy atom. The van der Waals surface area contributed by atoms with Crippen LogP contribution in [0.4, 0.5) is 0 Å². The predicted octanol–water partition coefficient (Wildman–Crippen LogP) is 3.51. The average Bonchev–Trinajstić information content (AvgIpc) is 2.27. The molecule has 0 aliphatic rings. The largest absolute Gasteiger partial charge is 0.518 e. The van der Waals surface area contributed by atoms with Crippen molar-refractivity contribution in [3.05, 3.63) is 35.9 Å². The molecule has 104 valence electrons. The van der Waals surface area contributed by atoms with Gasteiger partial charge < -0.3 is 4.43 Å². The molecule has 0 amide bonds.